The van der Waals surface area contributed by atoms with Gasteiger partial charge in [0.25, 0.3) is 0 Å². The molecule has 1 amide bonds. The number of carbonyl (C=O) groups is 1. The summed E-state index contributed by atoms with van der Waals surface area (Å²) in [7, 11) is 0. The van der Waals surface area contributed by atoms with Crippen molar-refractivity contribution in [2.75, 3.05) is 11.9 Å². The molecule has 2 rings (SSSR count). The number of amides is 1. The van der Waals surface area contributed by atoms with Crippen molar-refractivity contribution in [2.24, 2.45) is 17.6 Å². The second kappa shape index (κ2) is 7.60. The minimum atomic E-state index is 0.0815. The zero-order chi connectivity index (χ0) is 15.2. The van der Waals surface area contributed by atoms with Crippen molar-refractivity contribution >= 4 is 11.6 Å². The van der Waals surface area contributed by atoms with Crippen LogP contribution in [0.2, 0.25) is 0 Å². The molecule has 0 saturated heterocycles. The summed E-state index contributed by atoms with van der Waals surface area (Å²) < 4.78 is 0. The van der Waals surface area contributed by atoms with Crippen LogP contribution >= 0.6 is 0 Å². The Balaban J connectivity index is 1.98. The maximum Gasteiger partial charge on any atom is 0.227 e. The molecule has 1 aliphatic carbocycles. The molecule has 0 spiro atoms. The van der Waals surface area contributed by atoms with Gasteiger partial charge < -0.3 is 11.1 Å². The van der Waals surface area contributed by atoms with E-state index in [9.17, 15) is 4.79 Å². The van der Waals surface area contributed by atoms with Gasteiger partial charge in [-0.3, -0.25) is 4.79 Å². The average molecular weight is 288 g/mol. The van der Waals surface area contributed by atoms with Crippen molar-refractivity contribution in [3.8, 4) is 0 Å². The highest BCUT2D eigenvalue weighted by molar-refractivity contribution is 5.92. The van der Waals surface area contributed by atoms with Gasteiger partial charge in [-0.2, -0.15) is 0 Å². The van der Waals surface area contributed by atoms with Crippen molar-refractivity contribution < 1.29 is 4.79 Å². The van der Waals surface area contributed by atoms with Gasteiger partial charge in [-0.1, -0.05) is 38.8 Å². The van der Waals surface area contributed by atoms with Crippen LogP contribution in [0.15, 0.2) is 24.3 Å². The van der Waals surface area contributed by atoms with Crippen LogP contribution in [0.1, 0.15) is 57.4 Å². The second-order valence-corrected chi connectivity index (χ2v) is 6.31. The highest BCUT2D eigenvalue weighted by Crippen LogP contribution is 2.30. The van der Waals surface area contributed by atoms with E-state index < -0.39 is 0 Å². The predicted octanol–water partition coefficient (Wildman–Crippen LogP) is 3.90. The first-order valence-corrected chi connectivity index (χ1v) is 8.26. The first-order valence-electron chi connectivity index (χ1n) is 8.26. The van der Waals surface area contributed by atoms with Crippen LogP contribution in [0.5, 0.6) is 0 Å². The zero-order valence-corrected chi connectivity index (χ0v) is 13.3. The Morgan fingerprint density at radius 3 is 2.57 bits per heavy atom. The molecule has 1 aliphatic rings. The molecule has 0 bridgehead atoms. The lowest BCUT2D eigenvalue weighted by Crippen LogP contribution is -2.35. The number of rotatable bonds is 5. The summed E-state index contributed by atoms with van der Waals surface area (Å²) in [5.41, 5.74) is 8.04. The molecule has 0 aliphatic heterocycles. The topological polar surface area (TPSA) is 55.1 Å². The van der Waals surface area contributed by atoms with Gasteiger partial charge in [0.2, 0.25) is 5.91 Å². The van der Waals surface area contributed by atoms with Crippen LogP contribution in [-0.4, -0.2) is 12.5 Å². The quantitative estimate of drug-likeness (QED) is 0.863. The van der Waals surface area contributed by atoms with Crippen molar-refractivity contribution in [3.05, 3.63) is 29.8 Å². The standard InChI is InChI=1S/C18H28N2O/c1-3-13(2)14-8-10-16(11-9-14)20-18(21)17-7-5-4-6-15(17)12-19/h8-11,13,15,17H,3-7,12,19H2,1-2H3,(H,20,21). The van der Waals surface area contributed by atoms with Crippen LogP contribution in [0.4, 0.5) is 5.69 Å². The molecule has 1 fully saturated rings. The molecule has 0 radical (unpaired) electrons. The van der Waals surface area contributed by atoms with Gasteiger partial charge in [0.05, 0.1) is 0 Å². The van der Waals surface area contributed by atoms with Crippen molar-refractivity contribution in [3.63, 3.8) is 0 Å². The van der Waals surface area contributed by atoms with Gasteiger partial charge in [0.15, 0.2) is 0 Å². The third kappa shape index (κ3) is 4.07. The maximum atomic E-state index is 12.4. The van der Waals surface area contributed by atoms with E-state index >= 15 is 0 Å². The SMILES string of the molecule is CCC(C)c1ccc(NC(=O)C2CCCCC2CN)cc1. The molecule has 116 valence electrons. The third-order valence-electron chi connectivity index (χ3n) is 4.91. The van der Waals surface area contributed by atoms with Crippen LogP contribution in [0.25, 0.3) is 0 Å². The molecule has 3 nitrogen and oxygen atoms in total. The largest absolute Gasteiger partial charge is 0.330 e. The van der Waals surface area contributed by atoms with Gasteiger partial charge in [-0.25, -0.2) is 0 Å². The molecule has 0 heterocycles. The van der Waals surface area contributed by atoms with Crippen molar-refractivity contribution in [1.82, 2.24) is 0 Å². The lowest BCUT2D eigenvalue weighted by atomic mass is 9.78. The Labute approximate surface area is 128 Å². The number of nitrogens with one attached hydrogen (secondary N) is 1. The highest BCUT2D eigenvalue weighted by atomic mass is 16.1. The molecule has 1 aromatic rings. The number of hydrogen-bond acceptors (Lipinski definition) is 2. The molecule has 1 saturated carbocycles. The number of carbonyl (C=O) groups excluding carboxylic acids is 1. The van der Waals surface area contributed by atoms with E-state index in [0.717, 1.165) is 31.4 Å². The number of hydrogen-bond donors (Lipinski definition) is 2. The van der Waals surface area contributed by atoms with Crippen LogP contribution < -0.4 is 11.1 Å². The second-order valence-electron chi connectivity index (χ2n) is 6.31. The van der Waals surface area contributed by atoms with Crippen molar-refractivity contribution in [1.29, 1.82) is 0 Å². The fourth-order valence-corrected chi connectivity index (χ4v) is 3.20. The van der Waals surface area contributed by atoms with E-state index in [1.165, 1.54) is 12.0 Å². The number of anilines is 1. The normalized spacial score (nSPS) is 23.6. The Kier molecular flexibility index (Phi) is 5.80. The molecule has 3 heteroatoms. The van der Waals surface area contributed by atoms with E-state index in [2.05, 4.69) is 31.3 Å². The Hall–Kier alpha value is -1.35. The Morgan fingerprint density at radius 1 is 1.29 bits per heavy atom. The minimum Gasteiger partial charge on any atom is -0.330 e. The van der Waals surface area contributed by atoms with Crippen molar-refractivity contribution in [2.45, 2.75) is 51.9 Å². The van der Waals surface area contributed by atoms with Crippen LogP contribution in [-0.2, 0) is 4.79 Å². The van der Waals surface area contributed by atoms with E-state index in [1.807, 2.05) is 12.1 Å². The van der Waals surface area contributed by atoms with E-state index in [1.54, 1.807) is 0 Å². The summed E-state index contributed by atoms with van der Waals surface area (Å²) in [5.74, 6) is 1.13. The summed E-state index contributed by atoms with van der Waals surface area (Å²) in [6.07, 6.45) is 5.53. The van der Waals surface area contributed by atoms with E-state index in [0.29, 0.717) is 18.4 Å². The summed E-state index contributed by atoms with van der Waals surface area (Å²) in [6.45, 7) is 5.03. The van der Waals surface area contributed by atoms with E-state index in [4.69, 9.17) is 5.73 Å². The zero-order valence-electron chi connectivity index (χ0n) is 13.3. The molecule has 3 unspecified atom stereocenters. The summed E-state index contributed by atoms with van der Waals surface area (Å²) >= 11 is 0. The lowest BCUT2D eigenvalue weighted by Gasteiger charge is -2.29. The smallest absolute Gasteiger partial charge is 0.227 e. The van der Waals surface area contributed by atoms with E-state index in [-0.39, 0.29) is 11.8 Å². The van der Waals surface area contributed by atoms with Gasteiger partial charge >= 0.3 is 0 Å². The first kappa shape index (κ1) is 16.0. The number of benzene rings is 1. The van der Waals surface area contributed by atoms with Gasteiger partial charge in [0, 0.05) is 11.6 Å². The summed E-state index contributed by atoms with van der Waals surface area (Å²) in [6, 6.07) is 8.26. The van der Waals surface area contributed by atoms with Crippen LogP contribution in [0.3, 0.4) is 0 Å². The monoisotopic (exact) mass is 288 g/mol. The Morgan fingerprint density at radius 2 is 1.95 bits per heavy atom. The highest BCUT2D eigenvalue weighted by Gasteiger charge is 2.29. The van der Waals surface area contributed by atoms with Gasteiger partial charge in [0.1, 0.15) is 0 Å². The predicted molar refractivity (Wildman–Crippen MR) is 88.3 cm³/mol. The molecule has 1 aromatic carbocycles. The van der Waals surface area contributed by atoms with Gasteiger partial charge in [-0.15, -0.1) is 0 Å². The maximum absolute atomic E-state index is 12.4. The summed E-state index contributed by atoms with van der Waals surface area (Å²) in [4.78, 5) is 12.4. The average Bonchev–Trinajstić information content (AvgIpc) is 2.54. The third-order valence-corrected chi connectivity index (χ3v) is 4.91. The molecular formula is C18H28N2O. The fraction of sp³-hybridized carbons (Fsp3) is 0.611. The molecule has 3 N–H and O–H groups in total. The van der Waals surface area contributed by atoms with Crippen LogP contribution in [0, 0.1) is 11.8 Å². The lowest BCUT2D eigenvalue weighted by molar-refractivity contribution is -0.122. The van der Waals surface area contributed by atoms with Gasteiger partial charge in [-0.05, 0) is 55.3 Å². The number of nitrogens with two attached hydrogens (primary N) is 1. The molecular weight excluding hydrogens is 260 g/mol. The first-order chi connectivity index (χ1) is 10.2. The molecule has 0 aromatic heterocycles. The fourth-order valence-electron chi connectivity index (χ4n) is 3.20. The summed E-state index contributed by atoms with van der Waals surface area (Å²) in [5, 5.41) is 3.07. The molecule has 21 heavy (non-hydrogen) atoms. The minimum absolute atomic E-state index is 0.0815. The molecule has 3 atom stereocenters. The Bertz CT molecular complexity index is 455.